The van der Waals surface area contributed by atoms with Crippen LogP contribution in [-0.2, 0) is 5.60 Å². The molecule has 0 fully saturated rings. The fourth-order valence-electron chi connectivity index (χ4n) is 2.41. The van der Waals surface area contributed by atoms with Gasteiger partial charge >= 0.3 is 0 Å². The number of hydrogen-bond acceptors (Lipinski definition) is 4. The van der Waals surface area contributed by atoms with Crippen molar-refractivity contribution in [1.29, 1.82) is 0 Å². The first-order chi connectivity index (χ1) is 11.4. The van der Waals surface area contributed by atoms with Gasteiger partial charge in [0.1, 0.15) is 22.8 Å². The second-order valence-corrected chi connectivity index (χ2v) is 6.06. The van der Waals surface area contributed by atoms with Crippen LogP contribution in [0.4, 0.5) is 11.4 Å². The van der Waals surface area contributed by atoms with Crippen LogP contribution < -0.4 is 20.9 Å². The number of nitrogens with one attached hydrogen (secondary N) is 1. The van der Waals surface area contributed by atoms with Crippen LogP contribution in [-0.4, -0.2) is 4.98 Å². The van der Waals surface area contributed by atoms with Crippen molar-refractivity contribution in [3.63, 3.8) is 0 Å². The maximum absolute atomic E-state index is 6.11. The van der Waals surface area contributed by atoms with Crippen molar-refractivity contribution >= 4 is 11.4 Å². The third-order valence-corrected chi connectivity index (χ3v) is 3.72. The lowest BCUT2D eigenvalue weighted by Gasteiger charge is -2.25. The molecule has 5 nitrogen and oxygen atoms in total. The van der Waals surface area contributed by atoms with Crippen LogP contribution in [0.25, 0.3) is 0 Å². The third-order valence-electron chi connectivity index (χ3n) is 3.72. The summed E-state index contributed by atoms with van der Waals surface area (Å²) in [6.07, 6.45) is 1.88. The Kier molecular flexibility index (Phi) is 4.08. The van der Waals surface area contributed by atoms with Crippen molar-refractivity contribution in [1.82, 2.24) is 4.98 Å². The number of aromatic nitrogens is 1. The lowest BCUT2D eigenvalue weighted by molar-refractivity contribution is 0.104. The zero-order valence-corrected chi connectivity index (χ0v) is 13.7. The van der Waals surface area contributed by atoms with Gasteiger partial charge in [0.25, 0.3) is 0 Å². The highest BCUT2D eigenvalue weighted by Gasteiger charge is 2.23. The van der Waals surface area contributed by atoms with Crippen LogP contribution in [0.3, 0.4) is 0 Å². The molecular formula is C19H21N3O2. The van der Waals surface area contributed by atoms with Crippen LogP contribution >= 0.6 is 0 Å². The van der Waals surface area contributed by atoms with Crippen molar-refractivity contribution in [2.75, 3.05) is 11.5 Å². The molecule has 0 saturated heterocycles. The van der Waals surface area contributed by atoms with E-state index in [-0.39, 0.29) is 0 Å². The molecule has 0 aliphatic heterocycles. The molecule has 0 unspecified atom stereocenters. The van der Waals surface area contributed by atoms with Gasteiger partial charge in [-0.25, -0.2) is 0 Å². The van der Waals surface area contributed by atoms with Gasteiger partial charge in [-0.1, -0.05) is 6.07 Å². The molecule has 0 atom stereocenters. The minimum Gasteiger partial charge on any atom is -0.482 e. The molecule has 1 heterocycles. The fraction of sp³-hybridized carbons (Fsp3) is 0.158. The van der Waals surface area contributed by atoms with Gasteiger partial charge in [0.2, 0.25) is 0 Å². The van der Waals surface area contributed by atoms with Gasteiger partial charge in [0.15, 0.2) is 0 Å². The number of ether oxygens (including phenoxy) is 2. The monoisotopic (exact) mass is 323 g/mol. The molecule has 0 saturated carbocycles. The molecule has 0 aliphatic rings. The van der Waals surface area contributed by atoms with Gasteiger partial charge in [-0.3, -0.25) is 0 Å². The predicted octanol–water partition coefficient (Wildman–Crippen LogP) is 4.29. The summed E-state index contributed by atoms with van der Waals surface area (Å²) in [7, 11) is 0. The Balaban J connectivity index is 1.78. The third kappa shape index (κ3) is 3.46. The number of nitrogen functional groups attached to an aromatic ring is 2. The number of benzene rings is 2. The van der Waals surface area contributed by atoms with E-state index >= 15 is 0 Å². The molecule has 3 rings (SSSR count). The van der Waals surface area contributed by atoms with E-state index in [1.165, 1.54) is 0 Å². The van der Waals surface area contributed by atoms with Crippen LogP contribution in [0, 0.1) is 0 Å². The van der Waals surface area contributed by atoms with E-state index in [2.05, 4.69) is 4.98 Å². The molecule has 0 spiro atoms. The van der Waals surface area contributed by atoms with Crippen molar-refractivity contribution in [3.05, 3.63) is 66.5 Å². The number of aromatic amines is 1. The van der Waals surface area contributed by atoms with E-state index in [0.717, 1.165) is 11.4 Å². The first-order valence-electron chi connectivity index (χ1n) is 7.70. The van der Waals surface area contributed by atoms with Gasteiger partial charge in [-0.05, 0) is 50.2 Å². The van der Waals surface area contributed by atoms with Gasteiger partial charge in [-0.2, -0.15) is 0 Å². The van der Waals surface area contributed by atoms with E-state index in [1.807, 2.05) is 56.4 Å². The molecule has 0 amide bonds. The highest BCUT2D eigenvalue weighted by molar-refractivity contribution is 5.65. The summed E-state index contributed by atoms with van der Waals surface area (Å²) in [6, 6.07) is 16.6. The molecular weight excluding hydrogens is 302 g/mol. The largest absolute Gasteiger partial charge is 0.482 e. The van der Waals surface area contributed by atoms with Crippen LogP contribution in [0.2, 0.25) is 0 Å². The second kappa shape index (κ2) is 6.20. The number of hydrogen-bond donors (Lipinski definition) is 3. The molecule has 124 valence electrons. The van der Waals surface area contributed by atoms with E-state index < -0.39 is 5.60 Å². The summed E-state index contributed by atoms with van der Waals surface area (Å²) in [5, 5.41) is 0. The molecule has 1 aromatic heterocycles. The van der Waals surface area contributed by atoms with Gasteiger partial charge in [-0.15, -0.1) is 0 Å². The van der Waals surface area contributed by atoms with Crippen molar-refractivity contribution < 1.29 is 9.47 Å². The summed E-state index contributed by atoms with van der Waals surface area (Å²) >= 11 is 0. The zero-order valence-electron chi connectivity index (χ0n) is 13.7. The summed E-state index contributed by atoms with van der Waals surface area (Å²) in [4.78, 5) is 3.18. The topological polar surface area (TPSA) is 86.3 Å². The van der Waals surface area contributed by atoms with Gasteiger partial charge < -0.3 is 25.9 Å². The van der Waals surface area contributed by atoms with Gasteiger partial charge in [0, 0.05) is 18.3 Å². The van der Waals surface area contributed by atoms with Crippen LogP contribution in [0.5, 0.6) is 17.2 Å². The molecule has 24 heavy (non-hydrogen) atoms. The Hall–Kier alpha value is -3.08. The number of nitrogens with two attached hydrogens (primary N) is 2. The Labute approximate surface area is 141 Å². The van der Waals surface area contributed by atoms with Crippen LogP contribution in [0.1, 0.15) is 19.5 Å². The Morgan fingerprint density at radius 3 is 2.29 bits per heavy atom. The Bertz CT molecular complexity index is 826. The molecule has 5 heteroatoms. The molecule has 2 aromatic carbocycles. The number of H-pyrrole nitrogens is 1. The molecule has 0 aliphatic carbocycles. The Morgan fingerprint density at radius 2 is 1.58 bits per heavy atom. The number of anilines is 2. The van der Waals surface area contributed by atoms with Crippen molar-refractivity contribution in [2.45, 2.75) is 19.4 Å². The normalized spacial score (nSPS) is 11.2. The average molecular weight is 323 g/mol. The lowest BCUT2D eigenvalue weighted by Crippen LogP contribution is -2.25. The first kappa shape index (κ1) is 15.8. The van der Waals surface area contributed by atoms with E-state index in [9.17, 15) is 0 Å². The fourth-order valence-corrected chi connectivity index (χ4v) is 2.41. The Morgan fingerprint density at radius 1 is 0.833 bits per heavy atom. The van der Waals surface area contributed by atoms with Crippen molar-refractivity contribution in [2.24, 2.45) is 0 Å². The quantitative estimate of drug-likeness (QED) is 0.611. The standard InChI is InChI=1S/C19H21N3O2/c1-19(2,18-7-4-10-22-18)24-15-6-3-5-13(11-15)23-14-8-9-16(20)17(21)12-14/h3-12,22H,20-21H2,1-2H3. The zero-order chi connectivity index (χ0) is 17.2. The van der Waals surface area contributed by atoms with E-state index in [4.69, 9.17) is 20.9 Å². The molecule has 3 aromatic rings. The predicted molar refractivity (Wildman–Crippen MR) is 96.2 cm³/mol. The highest BCUT2D eigenvalue weighted by Crippen LogP contribution is 2.31. The molecule has 0 radical (unpaired) electrons. The highest BCUT2D eigenvalue weighted by atomic mass is 16.5. The maximum atomic E-state index is 6.11. The minimum atomic E-state index is -0.478. The maximum Gasteiger partial charge on any atom is 0.143 e. The van der Waals surface area contributed by atoms with E-state index in [1.54, 1.807) is 18.2 Å². The average Bonchev–Trinajstić information content (AvgIpc) is 3.06. The second-order valence-electron chi connectivity index (χ2n) is 6.06. The molecule has 0 bridgehead atoms. The smallest absolute Gasteiger partial charge is 0.143 e. The minimum absolute atomic E-state index is 0.478. The van der Waals surface area contributed by atoms with Gasteiger partial charge in [0.05, 0.1) is 17.1 Å². The summed E-state index contributed by atoms with van der Waals surface area (Å²) in [5.74, 6) is 2.01. The SMILES string of the molecule is CC(C)(Oc1cccc(Oc2ccc(N)c(N)c2)c1)c1ccc[nH]1. The van der Waals surface area contributed by atoms with Crippen LogP contribution in [0.15, 0.2) is 60.8 Å². The lowest BCUT2D eigenvalue weighted by atomic mass is 10.1. The van der Waals surface area contributed by atoms with E-state index in [0.29, 0.717) is 22.9 Å². The summed E-state index contributed by atoms with van der Waals surface area (Å²) < 4.78 is 11.9. The van der Waals surface area contributed by atoms with Crippen molar-refractivity contribution in [3.8, 4) is 17.2 Å². The summed E-state index contributed by atoms with van der Waals surface area (Å²) in [5.41, 5.74) is 13.1. The summed E-state index contributed by atoms with van der Waals surface area (Å²) in [6.45, 7) is 4.01. The molecule has 5 N–H and O–H groups in total. The number of rotatable bonds is 5. The first-order valence-corrected chi connectivity index (χ1v) is 7.70.